The average Bonchev–Trinajstić information content (AvgIpc) is 2.37. The average molecular weight is 300 g/mol. The Morgan fingerprint density at radius 1 is 1.50 bits per heavy atom. The first-order valence-corrected chi connectivity index (χ1v) is 6.35. The van der Waals surface area contributed by atoms with Crippen molar-refractivity contribution >= 4 is 29.6 Å². The standard InChI is InChI=1S/C14H15ClFNO3/c1-3-14(2,13(19)20)17-12(18)8-7-9-10(15)5-4-6-11(9)16/h4-8H,3H2,1-2H3,(H,17,18)(H,19,20). The highest BCUT2D eigenvalue weighted by atomic mass is 35.5. The second-order valence-corrected chi connectivity index (χ2v) is 4.86. The summed E-state index contributed by atoms with van der Waals surface area (Å²) in [6.07, 6.45) is 2.49. The quantitative estimate of drug-likeness (QED) is 0.822. The maximum absolute atomic E-state index is 13.5. The molecule has 0 heterocycles. The molecule has 20 heavy (non-hydrogen) atoms. The summed E-state index contributed by atoms with van der Waals surface area (Å²) >= 11 is 5.81. The molecule has 1 rings (SSSR count). The van der Waals surface area contributed by atoms with Gasteiger partial charge in [-0.05, 0) is 31.6 Å². The summed E-state index contributed by atoms with van der Waals surface area (Å²) in [5, 5.41) is 11.6. The summed E-state index contributed by atoms with van der Waals surface area (Å²) in [6.45, 7) is 3.04. The fraction of sp³-hybridized carbons (Fsp3) is 0.286. The fourth-order valence-electron chi connectivity index (χ4n) is 1.44. The van der Waals surface area contributed by atoms with E-state index in [9.17, 15) is 14.0 Å². The highest BCUT2D eigenvalue weighted by Gasteiger charge is 2.31. The second-order valence-electron chi connectivity index (χ2n) is 4.45. The zero-order valence-electron chi connectivity index (χ0n) is 11.1. The lowest BCUT2D eigenvalue weighted by molar-refractivity contribution is -0.146. The van der Waals surface area contributed by atoms with Crippen molar-refractivity contribution < 1.29 is 19.1 Å². The van der Waals surface area contributed by atoms with Crippen molar-refractivity contribution in [1.82, 2.24) is 5.32 Å². The third-order valence-electron chi connectivity index (χ3n) is 2.98. The Balaban J connectivity index is 2.86. The summed E-state index contributed by atoms with van der Waals surface area (Å²) in [5.74, 6) is -2.32. The van der Waals surface area contributed by atoms with Gasteiger partial charge in [-0.15, -0.1) is 0 Å². The zero-order chi connectivity index (χ0) is 15.3. The Bertz CT molecular complexity index is 539. The maximum atomic E-state index is 13.5. The molecule has 1 amide bonds. The number of benzene rings is 1. The van der Waals surface area contributed by atoms with Crippen LogP contribution in [-0.2, 0) is 9.59 Å². The molecule has 2 N–H and O–H groups in total. The van der Waals surface area contributed by atoms with Gasteiger partial charge in [0, 0.05) is 11.6 Å². The lowest BCUT2D eigenvalue weighted by Crippen LogP contribution is -2.51. The molecule has 0 aliphatic carbocycles. The Hall–Kier alpha value is -1.88. The molecule has 0 fully saturated rings. The Kier molecular flexibility index (Phi) is 5.27. The van der Waals surface area contributed by atoms with E-state index in [0.717, 1.165) is 6.08 Å². The Morgan fingerprint density at radius 3 is 2.65 bits per heavy atom. The molecule has 108 valence electrons. The van der Waals surface area contributed by atoms with E-state index in [1.165, 1.54) is 31.2 Å². The third-order valence-corrected chi connectivity index (χ3v) is 3.31. The first kappa shape index (κ1) is 16.2. The third kappa shape index (κ3) is 3.81. The summed E-state index contributed by atoms with van der Waals surface area (Å²) in [7, 11) is 0. The number of aliphatic carboxylic acids is 1. The van der Waals surface area contributed by atoms with Crippen molar-refractivity contribution in [1.29, 1.82) is 0 Å². The van der Waals surface area contributed by atoms with Crippen LogP contribution in [0.3, 0.4) is 0 Å². The van der Waals surface area contributed by atoms with E-state index < -0.39 is 23.2 Å². The molecule has 0 saturated carbocycles. The van der Waals surface area contributed by atoms with Crippen molar-refractivity contribution in [2.24, 2.45) is 0 Å². The van der Waals surface area contributed by atoms with Crippen LogP contribution in [0.1, 0.15) is 25.8 Å². The van der Waals surface area contributed by atoms with Gasteiger partial charge in [0.1, 0.15) is 11.4 Å². The number of nitrogens with one attached hydrogen (secondary N) is 1. The topological polar surface area (TPSA) is 66.4 Å². The summed E-state index contributed by atoms with van der Waals surface area (Å²) < 4.78 is 13.5. The van der Waals surface area contributed by atoms with Crippen molar-refractivity contribution in [3.8, 4) is 0 Å². The van der Waals surface area contributed by atoms with Gasteiger partial charge < -0.3 is 10.4 Å². The van der Waals surface area contributed by atoms with Gasteiger partial charge in [-0.2, -0.15) is 0 Å². The predicted octanol–water partition coefficient (Wildman–Crippen LogP) is 2.86. The predicted molar refractivity (Wildman–Crippen MR) is 74.9 cm³/mol. The number of hydrogen-bond acceptors (Lipinski definition) is 2. The SMILES string of the molecule is CCC(C)(NC(=O)C=Cc1c(F)cccc1Cl)C(=O)O. The van der Waals surface area contributed by atoms with Gasteiger partial charge in [0.25, 0.3) is 0 Å². The maximum Gasteiger partial charge on any atom is 0.329 e. The number of amides is 1. The van der Waals surface area contributed by atoms with E-state index in [1.807, 2.05) is 0 Å². The van der Waals surface area contributed by atoms with Gasteiger partial charge in [0.05, 0.1) is 5.02 Å². The molecule has 0 saturated heterocycles. The van der Waals surface area contributed by atoms with E-state index in [1.54, 1.807) is 6.92 Å². The second kappa shape index (κ2) is 6.52. The van der Waals surface area contributed by atoms with E-state index in [2.05, 4.69) is 5.32 Å². The van der Waals surface area contributed by atoms with Crippen LogP contribution in [0.25, 0.3) is 6.08 Å². The zero-order valence-corrected chi connectivity index (χ0v) is 11.9. The summed E-state index contributed by atoms with van der Waals surface area (Å²) in [5.41, 5.74) is -1.28. The van der Waals surface area contributed by atoms with Crippen molar-refractivity contribution in [2.75, 3.05) is 0 Å². The molecule has 1 aromatic rings. The van der Waals surface area contributed by atoms with Gasteiger partial charge >= 0.3 is 5.97 Å². The minimum Gasteiger partial charge on any atom is -0.480 e. The molecular formula is C14H15ClFNO3. The number of hydrogen-bond donors (Lipinski definition) is 2. The van der Waals surface area contributed by atoms with Crippen LogP contribution in [0.4, 0.5) is 4.39 Å². The molecule has 1 unspecified atom stereocenters. The molecule has 0 spiro atoms. The van der Waals surface area contributed by atoms with Gasteiger partial charge in [0.15, 0.2) is 0 Å². The normalized spacial score (nSPS) is 14.0. The van der Waals surface area contributed by atoms with Crippen LogP contribution in [0.15, 0.2) is 24.3 Å². The Labute approximate surface area is 121 Å². The number of carbonyl (C=O) groups is 2. The summed E-state index contributed by atoms with van der Waals surface area (Å²) in [4.78, 5) is 22.7. The Morgan fingerprint density at radius 2 is 2.15 bits per heavy atom. The first-order chi connectivity index (χ1) is 9.30. The number of carboxylic acid groups (broad SMARTS) is 1. The van der Waals surface area contributed by atoms with E-state index in [0.29, 0.717) is 0 Å². The smallest absolute Gasteiger partial charge is 0.329 e. The van der Waals surface area contributed by atoms with E-state index >= 15 is 0 Å². The van der Waals surface area contributed by atoms with Crippen LogP contribution in [0.2, 0.25) is 5.02 Å². The number of carboxylic acids is 1. The molecule has 0 aliphatic heterocycles. The van der Waals surface area contributed by atoms with Crippen LogP contribution >= 0.6 is 11.6 Å². The first-order valence-electron chi connectivity index (χ1n) is 5.98. The largest absolute Gasteiger partial charge is 0.480 e. The lowest BCUT2D eigenvalue weighted by atomic mass is 9.99. The highest BCUT2D eigenvalue weighted by molar-refractivity contribution is 6.32. The van der Waals surface area contributed by atoms with Gasteiger partial charge in [-0.3, -0.25) is 4.79 Å². The van der Waals surface area contributed by atoms with E-state index in [4.69, 9.17) is 16.7 Å². The van der Waals surface area contributed by atoms with Gasteiger partial charge in [-0.1, -0.05) is 24.6 Å². The molecule has 1 atom stereocenters. The van der Waals surface area contributed by atoms with Gasteiger partial charge in [-0.25, -0.2) is 9.18 Å². The van der Waals surface area contributed by atoms with Crippen molar-refractivity contribution in [3.05, 3.63) is 40.7 Å². The molecule has 0 aromatic heterocycles. The van der Waals surface area contributed by atoms with Gasteiger partial charge in [0.2, 0.25) is 5.91 Å². The molecule has 4 nitrogen and oxygen atoms in total. The van der Waals surface area contributed by atoms with Crippen LogP contribution in [0, 0.1) is 5.82 Å². The lowest BCUT2D eigenvalue weighted by Gasteiger charge is -2.23. The molecule has 0 aliphatic rings. The van der Waals surface area contributed by atoms with Crippen molar-refractivity contribution in [2.45, 2.75) is 25.8 Å². The molecular weight excluding hydrogens is 285 g/mol. The van der Waals surface area contributed by atoms with Crippen LogP contribution in [0.5, 0.6) is 0 Å². The van der Waals surface area contributed by atoms with Crippen LogP contribution < -0.4 is 5.32 Å². The van der Waals surface area contributed by atoms with Crippen molar-refractivity contribution in [3.63, 3.8) is 0 Å². The fourth-order valence-corrected chi connectivity index (χ4v) is 1.66. The summed E-state index contributed by atoms with van der Waals surface area (Å²) in [6, 6.07) is 4.17. The minimum atomic E-state index is -1.36. The van der Waals surface area contributed by atoms with E-state index in [-0.39, 0.29) is 17.0 Å². The minimum absolute atomic E-state index is 0.0813. The number of halogens is 2. The number of rotatable bonds is 5. The highest BCUT2D eigenvalue weighted by Crippen LogP contribution is 2.20. The van der Waals surface area contributed by atoms with Crippen LogP contribution in [-0.4, -0.2) is 22.5 Å². The molecule has 0 radical (unpaired) electrons. The molecule has 0 bridgehead atoms. The molecule has 1 aromatic carbocycles. The molecule has 6 heteroatoms. The number of carbonyl (C=O) groups excluding carboxylic acids is 1. The monoisotopic (exact) mass is 299 g/mol.